The molecular weight excluding hydrogens is 480 g/mol. The first-order valence-electron chi connectivity index (χ1n) is 10.1. The van der Waals surface area contributed by atoms with Gasteiger partial charge in [-0.25, -0.2) is 13.4 Å². The van der Waals surface area contributed by atoms with Gasteiger partial charge in [0.15, 0.2) is 11.5 Å². The topological polar surface area (TPSA) is 138 Å². The molecule has 9 nitrogen and oxygen atoms in total. The quantitative estimate of drug-likeness (QED) is 0.320. The molecule has 3 N–H and O–H groups in total. The molecule has 0 amide bonds. The van der Waals surface area contributed by atoms with Crippen LogP contribution in [-0.2, 0) is 10.0 Å². The highest BCUT2D eigenvalue weighted by atomic mass is 35.5. The SMILES string of the molecule is Cc1nc2cc(-c3ccc(NS(=O)(=O)c4cc5[nH]c(=O)c(=O)[nH]c5cc4C)cc3Cl)ccc2o1. The molecule has 0 unspecified atom stereocenters. The third-order valence-corrected chi connectivity index (χ3v) is 7.17. The summed E-state index contributed by atoms with van der Waals surface area (Å²) < 4.78 is 34.2. The fourth-order valence-corrected chi connectivity index (χ4v) is 5.37. The fourth-order valence-electron chi connectivity index (χ4n) is 3.78. The zero-order valence-corrected chi connectivity index (χ0v) is 19.5. The van der Waals surface area contributed by atoms with E-state index in [1.807, 2.05) is 12.1 Å². The van der Waals surface area contributed by atoms with Crippen molar-refractivity contribution in [2.45, 2.75) is 18.7 Å². The van der Waals surface area contributed by atoms with Crippen LogP contribution in [0.1, 0.15) is 11.5 Å². The highest BCUT2D eigenvalue weighted by Crippen LogP contribution is 2.33. The van der Waals surface area contributed by atoms with Crippen LogP contribution in [0.5, 0.6) is 0 Å². The van der Waals surface area contributed by atoms with Crippen LogP contribution in [0, 0.1) is 13.8 Å². The molecule has 5 aromatic rings. The number of aromatic nitrogens is 3. The molecule has 34 heavy (non-hydrogen) atoms. The van der Waals surface area contributed by atoms with E-state index in [1.54, 1.807) is 32.0 Å². The number of aryl methyl sites for hydroxylation is 2. The number of nitrogens with zero attached hydrogens (tertiary/aromatic N) is 1. The van der Waals surface area contributed by atoms with E-state index in [9.17, 15) is 18.0 Å². The first-order valence-corrected chi connectivity index (χ1v) is 11.9. The maximum atomic E-state index is 13.1. The minimum absolute atomic E-state index is 0.0465. The van der Waals surface area contributed by atoms with Gasteiger partial charge in [0.1, 0.15) is 5.52 Å². The lowest BCUT2D eigenvalue weighted by Gasteiger charge is -2.13. The van der Waals surface area contributed by atoms with E-state index in [2.05, 4.69) is 19.7 Å². The van der Waals surface area contributed by atoms with Crippen LogP contribution in [0.2, 0.25) is 5.02 Å². The van der Waals surface area contributed by atoms with Crippen molar-refractivity contribution in [3.63, 3.8) is 0 Å². The van der Waals surface area contributed by atoms with Crippen LogP contribution in [0.4, 0.5) is 5.69 Å². The van der Waals surface area contributed by atoms with Crippen LogP contribution in [0.3, 0.4) is 0 Å². The van der Waals surface area contributed by atoms with Crippen molar-refractivity contribution in [2.24, 2.45) is 0 Å². The third kappa shape index (κ3) is 3.87. The molecule has 0 radical (unpaired) electrons. The second kappa shape index (κ2) is 7.86. The summed E-state index contributed by atoms with van der Waals surface area (Å²) >= 11 is 6.48. The second-order valence-corrected chi connectivity index (χ2v) is 9.85. The Bertz CT molecular complexity index is 1840. The Kier molecular flexibility index (Phi) is 5.07. The lowest BCUT2D eigenvalue weighted by Crippen LogP contribution is -2.29. The fraction of sp³-hybridized carbons (Fsp3) is 0.0870. The van der Waals surface area contributed by atoms with Gasteiger partial charge in [-0.3, -0.25) is 14.3 Å². The summed E-state index contributed by atoms with van der Waals surface area (Å²) in [7, 11) is -4.02. The van der Waals surface area contributed by atoms with Crippen molar-refractivity contribution in [1.82, 2.24) is 15.0 Å². The lowest BCUT2D eigenvalue weighted by molar-refractivity contribution is 0.561. The van der Waals surface area contributed by atoms with Gasteiger partial charge in [-0.15, -0.1) is 0 Å². The Hall–Kier alpha value is -3.89. The Balaban J connectivity index is 1.49. The van der Waals surface area contributed by atoms with Crippen LogP contribution in [0.25, 0.3) is 33.3 Å². The average Bonchev–Trinajstić information content (AvgIpc) is 3.13. The molecule has 0 saturated heterocycles. The van der Waals surface area contributed by atoms with E-state index in [4.69, 9.17) is 16.0 Å². The number of rotatable bonds is 4. The van der Waals surface area contributed by atoms with Crippen molar-refractivity contribution in [3.05, 3.63) is 85.7 Å². The molecule has 0 atom stereocenters. The lowest BCUT2D eigenvalue weighted by atomic mass is 10.0. The summed E-state index contributed by atoms with van der Waals surface area (Å²) in [6.45, 7) is 3.36. The molecule has 172 valence electrons. The smallest absolute Gasteiger partial charge is 0.314 e. The van der Waals surface area contributed by atoms with Gasteiger partial charge in [0, 0.05) is 12.5 Å². The van der Waals surface area contributed by atoms with Crippen molar-refractivity contribution in [1.29, 1.82) is 0 Å². The van der Waals surface area contributed by atoms with Gasteiger partial charge in [-0.2, -0.15) is 0 Å². The highest BCUT2D eigenvalue weighted by molar-refractivity contribution is 7.92. The Morgan fingerprint density at radius 1 is 0.941 bits per heavy atom. The second-order valence-electron chi connectivity index (χ2n) is 7.79. The molecule has 0 aliphatic rings. The molecule has 5 rings (SSSR count). The van der Waals surface area contributed by atoms with Crippen molar-refractivity contribution >= 4 is 49.4 Å². The Morgan fingerprint density at radius 2 is 1.65 bits per heavy atom. The number of halogens is 1. The van der Waals surface area contributed by atoms with E-state index in [0.29, 0.717) is 38.7 Å². The van der Waals surface area contributed by atoms with Gasteiger partial charge >= 0.3 is 11.1 Å². The van der Waals surface area contributed by atoms with E-state index < -0.39 is 21.1 Å². The molecule has 0 aliphatic carbocycles. The maximum Gasteiger partial charge on any atom is 0.314 e. The molecular formula is C23H17ClN4O5S. The monoisotopic (exact) mass is 496 g/mol. The number of hydrogen-bond acceptors (Lipinski definition) is 6. The number of aromatic amines is 2. The van der Waals surface area contributed by atoms with E-state index in [0.717, 1.165) is 5.56 Å². The summed E-state index contributed by atoms with van der Waals surface area (Å²) in [5, 5.41) is 0.344. The first kappa shape index (κ1) is 21.9. The predicted molar refractivity (Wildman–Crippen MR) is 130 cm³/mol. The molecule has 0 spiro atoms. The zero-order valence-electron chi connectivity index (χ0n) is 17.9. The summed E-state index contributed by atoms with van der Waals surface area (Å²) in [4.78, 5) is 32.3. The molecule has 3 aromatic carbocycles. The number of sulfonamides is 1. The number of hydrogen-bond donors (Lipinski definition) is 3. The van der Waals surface area contributed by atoms with Crippen molar-refractivity contribution in [2.75, 3.05) is 4.72 Å². The largest absolute Gasteiger partial charge is 0.441 e. The van der Waals surface area contributed by atoms with Gasteiger partial charge in [-0.1, -0.05) is 23.7 Å². The minimum Gasteiger partial charge on any atom is -0.441 e. The highest BCUT2D eigenvalue weighted by Gasteiger charge is 2.19. The number of nitrogens with one attached hydrogen (secondary N) is 3. The zero-order chi connectivity index (χ0) is 24.2. The van der Waals surface area contributed by atoms with Crippen LogP contribution in [-0.4, -0.2) is 23.4 Å². The minimum atomic E-state index is -4.02. The maximum absolute atomic E-state index is 13.1. The van der Waals surface area contributed by atoms with E-state index in [-0.39, 0.29) is 16.1 Å². The molecule has 0 aliphatic heterocycles. The summed E-state index contributed by atoms with van der Waals surface area (Å²) in [5.41, 5.74) is 2.37. The van der Waals surface area contributed by atoms with E-state index >= 15 is 0 Å². The van der Waals surface area contributed by atoms with Crippen molar-refractivity contribution in [3.8, 4) is 11.1 Å². The normalized spacial score (nSPS) is 11.9. The number of benzene rings is 3. The Labute approximate surface area is 197 Å². The summed E-state index contributed by atoms with van der Waals surface area (Å²) in [6, 6.07) is 13.1. The van der Waals surface area contributed by atoms with Crippen LogP contribution >= 0.6 is 11.6 Å². The van der Waals surface area contributed by atoms with Gasteiger partial charge in [0.25, 0.3) is 10.0 Å². The first-order chi connectivity index (χ1) is 16.1. The Morgan fingerprint density at radius 3 is 2.35 bits per heavy atom. The van der Waals surface area contributed by atoms with Gasteiger partial charge < -0.3 is 14.4 Å². The number of fused-ring (bicyclic) bond motifs is 2. The molecule has 0 bridgehead atoms. The number of anilines is 1. The number of oxazole rings is 1. The molecule has 11 heteroatoms. The van der Waals surface area contributed by atoms with Crippen LogP contribution < -0.4 is 15.8 Å². The molecule has 2 aromatic heterocycles. The van der Waals surface area contributed by atoms with Gasteiger partial charge in [-0.05, 0) is 54.4 Å². The average molecular weight is 497 g/mol. The molecule has 2 heterocycles. The summed E-state index contributed by atoms with van der Waals surface area (Å²) in [6.07, 6.45) is 0. The predicted octanol–water partition coefficient (Wildman–Crippen LogP) is 4.10. The standard InChI is InChI=1S/C23H17ClN4O5S/c1-11-7-17-18(27-23(30)22(29)26-17)10-21(11)34(31,32)28-14-4-5-15(16(24)9-14)13-3-6-20-19(8-13)25-12(2)33-20/h3-10,28H,1-2H3,(H,26,29)(H,27,30). The number of H-pyrrole nitrogens is 2. The molecule has 0 saturated carbocycles. The molecule has 0 fully saturated rings. The third-order valence-electron chi connectivity index (χ3n) is 5.33. The van der Waals surface area contributed by atoms with Gasteiger partial charge in [0.05, 0.1) is 26.6 Å². The van der Waals surface area contributed by atoms with Crippen molar-refractivity contribution < 1.29 is 12.8 Å². The van der Waals surface area contributed by atoms with Gasteiger partial charge in [0.2, 0.25) is 0 Å². The van der Waals surface area contributed by atoms with E-state index in [1.165, 1.54) is 18.2 Å². The van der Waals surface area contributed by atoms with Crippen LogP contribution in [0.15, 0.2) is 67.4 Å². The summed E-state index contributed by atoms with van der Waals surface area (Å²) in [5.74, 6) is 0.558.